The summed E-state index contributed by atoms with van der Waals surface area (Å²) in [4.78, 5) is 11.9. The number of carbonyl (C=O) groups excluding carboxylic acids is 1. The van der Waals surface area contributed by atoms with Crippen molar-refractivity contribution in [3.05, 3.63) is 48.2 Å². The molecule has 10 heteroatoms. The monoisotopic (exact) mass is 459 g/mol. The fourth-order valence-electron chi connectivity index (χ4n) is 3.60. The van der Waals surface area contributed by atoms with E-state index in [1.54, 1.807) is 47.3 Å². The summed E-state index contributed by atoms with van der Waals surface area (Å²) in [6.45, 7) is 0.738. The molecule has 1 aliphatic heterocycles. The van der Waals surface area contributed by atoms with Crippen LogP contribution in [0.1, 0.15) is 23.2 Å². The number of nitrogens with zero attached hydrogens (tertiary/aromatic N) is 2. The van der Waals surface area contributed by atoms with Crippen LogP contribution < -0.4 is 15.2 Å². The molecule has 0 spiro atoms. The predicted molar refractivity (Wildman–Crippen MR) is 119 cm³/mol. The number of rotatable bonds is 8. The van der Waals surface area contributed by atoms with Crippen molar-refractivity contribution in [1.29, 1.82) is 0 Å². The Labute approximate surface area is 186 Å². The number of aromatic nitrogens is 2. The van der Waals surface area contributed by atoms with E-state index in [4.69, 9.17) is 19.9 Å². The molecule has 0 radical (unpaired) electrons. The lowest BCUT2D eigenvalue weighted by molar-refractivity contribution is 0.0285. The minimum Gasteiger partial charge on any atom is -0.491 e. The molecule has 1 amide bonds. The summed E-state index contributed by atoms with van der Waals surface area (Å²) in [6, 6.07) is 10.4. The number of nitrogens with two attached hydrogens (primary N) is 1. The molecule has 0 atom stereocenters. The van der Waals surface area contributed by atoms with Crippen LogP contribution in [-0.2, 0) is 21.6 Å². The van der Waals surface area contributed by atoms with Gasteiger partial charge in [-0.2, -0.15) is 5.10 Å². The number of fused-ring (bicyclic) bond motifs is 1. The Morgan fingerprint density at radius 1 is 1.12 bits per heavy atom. The summed E-state index contributed by atoms with van der Waals surface area (Å²) in [5, 5.41) is 4.98. The van der Waals surface area contributed by atoms with Crippen molar-refractivity contribution in [2.45, 2.75) is 18.9 Å². The SMILES string of the molecule is Cn1ncc2cc(C(N)=O)c(Oc3ccc(OCCOC4CCS(=O)(=O)CC4)cc3)cc21. The number of carbonyl (C=O) groups is 1. The van der Waals surface area contributed by atoms with E-state index in [1.807, 2.05) is 7.05 Å². The molecule has 1 fully saturated rings. The second kappa shape index (κ2) is 9.17. The summed E-state index contributed by atoms with van der Waals surface area (Å²) >= 11 is 0. The molecule has 0 unspecified atom stereocenters. The molecule has 2 heterocycles. The molecular weight excluding hydrogens is 434 g/mol. The highest BCUT2D eigenvalue weighted by Gasteiger charge is 2.23. The first-order valence-corrected chi connectivity index (χ1v) is 12.1. The fourth-order valence-corrected chi connectivity index (χ4v) is 5.05. The number of hydrogen-bond donors (Lipinski definition) is 1. The van der Waals surface area contributed by atoms with Crippen LogP contribution in [0.25, 0.3) is 10.9 Å². The van der Waals surface area contributed by atoms with Gasteiger partial charge >= 0.3 is 0 Å². The van der Waals surface area contributed by atoms with Gasteiger partial charge in [0.05, 0.1) is 41.5 Å². The Balaban J connectivity index is 1.33. The van der Waals surface area contributed by atoms with E-state index in [2.05, 4.69) is 5.10 Å². The number of aryl methyl sites for hydroxylation is 1. The van der Waals surface area contributed by atoms with Gasteiger partial charge in [0.2, 0.25) is 0 Å². The highest BCUT2D eigenvalue weighted by atomic mass is 32.2. The van der Waals surface area contributed by atoms with Crippen LogP contribution in [0.5, 0.6) is 17.2 Å². The van der Waals surface area contributed by atoms with Crippen LogP contribution in [0.15, 0.2) is 42.6 Å². The molecule has 4 rings (SSSR count). The second-order valence-electron chi connectivity index (χ2n) is 7.68. The van der Waals surface area contributed by atoms with Crippen molar-refractivity contribution in [3.8, 4) is 17.2 Å². The summed E-state index contributed by atoms with van der Waals surface area (Å²) in [5.41, 5.74) is 6.61. The lowest BCUT2D eigenvalue weighted by Gasteiger charge is -2.22. The second-order valence-corrected chi connectivity index (χ2v) is 9.99. The Morgan fingerprint density at radius 3 is 2.50 bits per heavy atom. The molecule has 0 bridgehead atoms. The third-order valence-electron chi connectivity index (χ3n) is 5.37. The van der Waals surface area contributed by atoms with Gasteiger partial charge < -0.3 is 19.9 Å². The van der Waals surface area contributed by atoms with Crippen LogP contribution in [-0.4, -0.2) is 54.9 Å². The maximum absolute atomic E-state index is 11.9. The topological polar surface area (TPSA) is 123 Å². The van der Waals surface area contributed by atoms with Gasteiger partial charge in [0.25, 0.3) is 5.91 Å². The smallest absolute Gasteiger partial charge is 0.252 e. The van der Waals surface area contributed by atoms with Gasteiger partial charge in [-0.05, 0) is 43.2 Å². The van der Waals surface area contributed by atoms with Gasteiger partial charge in [-0.25, -0.2) is 8.42 Å². The van der Waals surface area contributed by atoms with Crippen molar-refractivity contribution < 1.29 is 27.4 Å². The molecule has 1 saturated heterocycles. The summed E-state index contributed by atoms with van der Waals surface area (Å²) in [6.07, 6.45) is 2.70. The number of sulfone groups is 1. The average molecular weight is 460 g/mol. The van der Waals surface area contributed by atoms with E-state index in [0.717, 1.165) is 10.9 Å². The van der Waals surface area contributed by atoms with Crippen molar-refractivity contribution in [2.75, 3.05) is 24.7 Å². The van der Waals surface area contributed by atoms with Gasteiger partial charge in [-0.3, -0.25) is 9.48 Å². The van der Waals surface area contributed by atoms with Crippen molar-refractivity contribution >= 4 is 26.6 Å². The van der Waals surface area contributed by atoms with Gasteiger partial charge in [-0.15, -0.1) is 0 Å². The fraction of sp³-hybridized carbons (Fsp3) is 0.364. The first-order valence-electron chi connectivity index (χ1n) is 10.3. The number of amides is 1. The van der Waals surface area contributed by atoms with Gasteiger partial charge in [0.15, 0.2) is 9.84 Å². The molecule has 32 heavy (non-hydrogen) atoms. The first kappa shape index (κ1) is 22.1. The Hall–Kier alpha value is -3.11. The number of ether oxygens (including phenoxy) is 3. The molecule has 2 aromatic carbocycles. The van der Waals surface area contributed by atoms with Gasteiger partial charge in [-0.1, -0.05) is 0 Å². The van der Waals surface area contributed by atoms with Crippen molar-refractivity contribution in [3.63, 3.8) is 0 Å². The number of hydrogen-bond acceptors (Lipinski definition) is 7. The highest BCUT2D eigenvalue weighted by molar-refractivity contribution is 7.91. The largest absolute Gasteiger partial charge is 0.491 e. The molecule has 1 aliphatic rings. The van der Waals surface area contributed by atoms with E-state index in [0.29, 0.717) is 43.3 Å². The number of benzene rings is 2. The van der Waals surface area contributed by atoms with Crippen LogP contribution in [0.3, 0.4) is 0 Å². The first-order chi connectivity index (χ1) is 15.3. The lowest BCUT2D eigenvalue weighted by atomic mass is 10.1. The molecule has 2 N–H and O–H groups in total. The zero-order valence-corrected chi connectivity index (χ0v) is 18.5. The third kappa shape index (κ3) is 5.20. The average Bonchev–Trinajstić information content (AvgIpc) is 3.12. The zero-order valence-electron chi connectivity index (χ0n) is 17.7. The Kier molecular flexibility index (Phi) is 6.33. The van der Waals surface area contributed by atoms with E-state index >= 15 is 0 Å². The molecular formula is C22H25N3O6S. The maximum Gasteiger partial charge on any atom is 0.252 e. The standard InChI is InChI=1S/C22H25N3O6S/c1-25-20-13-21(19(22(23)26)12-15(20)14-24-25)31-18-4-2-16(3-5-18)29-8-9-30-17-6-10-32(27,28)11-7-17/h2-5,12-14,17H,6-11H2,1H3,(H2,23,26). The van der Waals surface area contributed by atoms with Crippen LogP contribution in [0.4, 0.5) is 0 Å². The molecule has 170 valence electrons. The predicted octanol–water partition coefficient (Wildman–Crippen LogP) is 2.44. The maximum atomic E-state index is 11.9. The molecule has 0 saturated carbocycles. The van der Waals surface area contributed by atoms with Crippen molar-refractivity contribution in [2.24, 2.45) is 12.8 Å². The summed E-state index contributed by atoms with van der Waals surface area (Å²) in [5.74, 6) is 1.31. The quantitative estimate of drug-likeness (QED) is 0.513. The third-order valence-corrected chi connectivity index (χ3v) is 7.09. The molecule has 9 nitrogen and oxygen atoms in total. The van der Waals surface area contributed by atoms with E-state index in [-0.39, 0.29) is 23.2 Å². The van der Waals surface area contributed by atoms with Gasteiger partial charge in [0, 0.05) is 18.5 Å². The Bertz CT molecular complexity index is 1210. The van der Waals surface area contributed by atoms with Crippen LogP contribution in [0, 0.1) is 0 Å². The molecule has 3 aromatic rings. The summed E-state index contributed by atoms with van der Waals surface area (Å²) < 4.78 is 41.9. The van der Waals surface area contributed by atoms with Crippen molar-refractivity contribution in [1.82, 2.24) is 9.78 Å². The van der Waals surface area contributed by atoms with Gasteiger partial charge in [0.1, 0.15) is 23.9 Å². The van der Waals surface area contributed by atoms with Crippen LogP contribution in [0.2, 0.25) is 0 Å². The minimum absolute atomic E-state index is 0.0332. The lowest BCUT2D eigenvalue weighted by Crippen LogP contribution is -2.29. The van der Waals surface area contributed by atoms with Crippen LogP contribution >= 0.6 is 0 Å². The number of primary amides is 1. The molecule has 0 aliphatic carbocycles. The molecule has 1 aromatic heterocycles. The van der Waals surface area contributed by atoms with E-state index in [9.17, 15) is 13.2 Å². The summed E-state index contributed by atoms with van der Waals surface area (Å²) in [7, 11) is -1.08. The normalized spacial score (nSPS) is 16.2. The van der Waals surface area contributed by atoms with E-state index in [1.165, 1.54) is 0 Å². The highest BCUT2D eigenvalue weighted by Crippen LogP contribution is 2.30. The Morgan fingerprint density at radius 2 is 1.81 bits per heavy atom. The minimum atomic E-state index is -2.89. The zero-order chi connectivity index (χ0) is 22.7. The van der Waals surface area contributed by atoms with E-state index < -0.39 is 15.7 Å².